The molecule has 7 nitrogen and oxygen atoms in total. The van der Waals surface area contributed by atoms with Crippen LogP contribution in [0.2, 0.25) is 0 Å². The maximum Gasteiger partial charge on any atom is 0.270 e. The minimum Gasteiger partial charge on any atom is -0.486 e. The van der Waals surface area contributed by atoms with Gasteiger partial charge in [0.1, 0.15) is 28.9 Å². The lowest BCUT2D eigenvalue weighted by molar-refractivity contribution is -0.132. The molecular weight excluding hydrogens is 515 g/mol. The van der Waals surface area contributed by atoms with E-state index in [1.54, 1.807) is 23.7 Å². The van der Waals surface area contributed by atoms with Crippen LogP contribution in [0.4, 0.5) is 4.39 Å². The number of amides is 2. The second-order valence-electron chi connectivity index (χ2n) is 9.25. The monoisotopic (exact) mass is 544 g/mol. The third-order valence-corrected chi connectivity index (χ3v) is 7.52. The largest absolute Gasteiger partial charge is 0.486 e. The van der Waals surface area contributed by atoms with Crippen molar-refractivity contribution in [3.05, 3.63) is 111 Å². The first-order chi connectivity index (χ1) is 19.0. The highest BCUT2D eigenvalue weighted by molar-refractivity contribution is 7.09. The van der Waals surface area contributed by atoms with Gasteiger partial charge in [0.2, 0.25) is 5.91 Å². The van der Waals surface area contributed by atoms with Crippen molar-refractivity contribution in [2.45, 2.75) is 38.8 Å². The number of thiazole rings is 1. The Labute approximate surface area is 230 Å². The van der Waals surface area contributed by atoms with Crippen LogP contribution in [0.5, 0.6) is 5.75 Å². The van der Waals surface area contributed by atoms with Gasteiger partial charge < -0.3 is 15.0 Å². The van der Waals surface area contributed by atoms with E-state index in [4.69, 9.17) is 4.74 Å². The van der Waals surface area contributed by atoms with Gasteiger partial charge in [-0.2, -0.15) is 0 Å². The van der Waals surface area contributed by atoms with Gasteiger partial charge >= 0.3 is 0 Å². The number of fused-ring (bicyclic) bond motifs is 1. The second-order valence-corrected chi connectivity index (χ2v) is 10.2. The van der Waals surface area contributed by atoms with Gasteiger partial charge in [0.05, 0.1) is 6.04 Å². The molecule has 5 rings (SSSR count). The predicted octanol–water partition coefficient (Wildman–Crippen LogP) is 5.11. The quantitative estimate of drug-likeness (QED) is 0.317. The number of carbonyl (C=O) groups excluding carboxylic acids is 2. The van der Waals surface area contributed by atoms with E-state index in [1.807, 2.05) is 48.2 Å². The molecule has 0 aliphatic carbocycles. The molecule has 0 fully saturated rings. The van der Waals surface area contributed by atoms with Crippen LogP contribution in [0, 0.1) is 5.82 Å². The van der Waals surface area contributed by atoms with Crippen LogP contribution in [0.15, 0.2) is 72.2 Å². The standard InChI is InChI=1S/C30H29FN4O3S/c1-2-28(36)35-16-13-20-8-11-24(17-25(20)29(35)21-6-9-22(31)10-7-21)38-18-27-34-26(19-39-27)30(37)33-15-12-23-5-3-4-14-32-23/h3-11,14,17,19,29H,2,12-13,15-16,18H2,1H3,(H,33,37). The Kier molecular flexibility index (Phi) is 8.27. The van der Waals surface area contributed by atoms with E-state index in [0.29, 0.717) is 42.4 Å². The Morgan fingerprint density at radius 1 is 1.15 bits per heavy atom. The summed E-state index contributed by atoms with van der Waals surface area (Å²) in [7, 11) is 0. The highest BCUT2D eigenvalue weighted by atomic mass is 32.1. The van der Waals surface area contributed by atoms with E-state index in [-0.39, 0.29) is 30.3 Å². The molecule has 2 aromatic heterocycles. The lowest BCUT2D eigenvalue weighted by Gasteiger charge is -2.38. The Morgan fingerprint density at radius 2 is 2.00 bits per heavy atom. The van der Waals surface area contributed by atoms with Gasteiger partial charge in [-0.05, 0) is 59.5 Å². The minimum absolute atomic E-state index is 0.0509. The molecule has 1 N–H and O–H groups in total. The van der Waals surface area contributed by atoms with Crippen LogP contribution in [0.1, 0.15) is 57.3 Å². The van der Waals surface area contributed by atoms with Gasteiger partial charge in [0.25, 0.3) is 5.91 Å². The summed E-state index contributed by atoms with van der Waals surface area (Å²) in [6.45, 7) is 3.14. The summed E-state index contributed by atoms with van der Waals surface area (Å²) >= 11 is 1.36. The molecule has 3 heterocycles. The van der Waals surface area contributed by atoms with Crippen LogP contribution >= 0.6 is 11.3 Å². The molecular formula is C30H29FN4O3S. The van der Waals surface area contributed by atoms with E-state index >= 15 is 0 Å². The van der Waals surface area contributed by atoms with Gasteiger partial charge in [0.15, 0.2) is 0 Å². The zero-order valence-electron chi connectivity index (χ0n) is 21.6. The van der Waals surface area contributed by atoms with Crippen LogP contribution in [-0.4, -0.2) is 39.8 Å². The lowest BCUT2D eigenvalue weighted by Crippen LogP contribution is -2.40. The fourth-order valence-electron chi connectivity index (χ4n) is 4.73. The molecule has 9 heteroatoms. The normalized spacial score (nSPS) is 14.5. The summed E-state index contributed by atoms with van der Waals surface area (Å²) in [6.07, 6.45) is 3.51. The average Bonchev–Trinajstić information content (AvgIpc) is 3.45. The first kappa shape index (κ1) is 26.5. The molecule has 2 amide bonds. The number of hydrogen-bond acceptors (Lipinski definition) is 6. The molecule has 1 aliphatic heterocycles. The summed E-state index contributed by atoms with van der Waals surface area (Å²) in [5.41, 5.74) is 4.24. The number of aromatic nitrogens is 2. The van der Waals surface area contributed by atoms with Crippen molar-refractivity contribution in [1.29, 1.82) is 0 Å². The van der Waals surface area contributed by atoms with E-state index in [9.17, 15) is 14.0 Å². The van der Waals surface area contributed by atoms with E-state index in [2.05, 4.69) is 15.3 Å². The predicted molar refractivity (Wildman–Crippen MR) is 147 cm³/mol. The number of pyridine rings is 1. The lowest BCUT2D eigenvalue weighted by atomic mass is 9.87. The molecule has 1 aliphatic rings. The fourth-order valence-corrected chi connectivity index (χ4v) is 5.41. The number of rotatable bonds is 9. The Balaban J connectivity index is 1.26. The number of nitrogens with zero attached hydrogens (tertiary/aromatic N) is 3. The van der Waals surface area contributed by atoms with E-state index < -0.39 is 0 Å². The highest BCUT2D eigenvalue weighted by Gasteiger charge is 2.31. The molecule has 0 spiro atoms. The number of nitrogens with one attached hydrogen (secondary N) is 1. The van der Waals surface area contributed by atoms with Crippen molar-refractivity contribution in [2.24, 2.45) is 0 Å². The summed E-state index contributed by atoms with van der Waals surface area (Å²) in [5.74, 6) is 0.146. The molecule has 0 radical (unpaired) electrons. The molecule has 1 unspecified atom stereocenters. The van der Waals surface area contributed by atoms with Crippen molar-refractivity contribution in [1.82, 2.24) is 20.2 Å². The highest BCUT2D eigenvalue weighted by Crippen LogP contribution is 2.37. The molecule has 4 aromatic rings. The first-order valence-corrected chi connectivity index (χ1v) is 13.8. The number of hydrogen-bond donors (Lipinski definition) is 1. The van der Waals surface area contributed by atoms with Gasteiger partial charge in [-0.15, -0.1) is 11.3 Å². The van der Waals surface area contributed by atoms with E-state index in [1.165, 1.54) is 23.5 Å². The van der Waals surface area contributed by atoms with Gasteiger partial charge in [-0.25, -0.2) is 9.37 Å². The van der Waals surface area contributed by atoms with Crippen molar-refractivity contribution < 1.29 is 18.7 Å². The van der Waals surface area contributed by atoms with Gasteiger partial charge in [-0.3, -0.25) is 14.6 Å². The zero-order valence-corrected chi connectivity index (χ0v) is 22.4. The van der Waals surface area contributed by atoms with Crippen molar-refractivity contribution >= 4 is 23.2 Å². The molecule has 0 saturated heterocycles. The fraction of sp³-hybridized carbons (Fsp3) is 0.267. The van der Waals surface area contributed by atoms with Crippen LogP contribution in [0.25, 0.3) is 0 Å². The first-order valence-electron chi connectivity index (χ1n) is 12.9. The van der Waals surface area contributed by atoms with Crippen LogP contribution < -0.4 is 10.1 Å². The molecule has 0 saturated carbocycles. The molecule has 200 valence electrons. The van der Waals surface area contributed by atoms with Crippen molar-refractivity contribution in [2.75, 3.05) is 13.1 Å². The average molecular weight is 545 g/mol. The second kappa shape index (κ2) is 12.2. The summed E-state index contributed by atoms with van der Waals surface area (Å²) in [4.78, 5) is 35.8. The maximum atomic E-state index is 13.6. The SMILES string of the molecule is CCC(=O)N1CCc2ccc(OCc3nc(C(=O)NCCc4ccccn4)cs3)cc2C1c1ccc(F)cc1. The molecule has 1 atom stereocenters. The number of halogens is 1. The summed E-state index contributed by atoms with van der Waals surface area (Å²) < 4.78 is 19.7. The smallest absolute Gasteiger partial charge is 0.270 e. The van der Waals surface area contributed by atoms with E-state index in [0.717, 1.165) is 28.8 Å². The third kappa shape index (κ3) is 6.31. The van der Waals surface area contributed by atoms with Crippen LogP contribution in [0.3, 0.4) is 0 Å². The Hall–Kier alpha value is -4.11. The van der Waals surface area contributed by atoms with Crippen LogP contribution in [-0.2, 0) is 24.2 Å². The van der Waals surface area contributed by atoms with Crippen molar-refractivity contribution in [3.63, 3.8) is 0 Å². The number of benzene rings is 2. The zero-order chi connectivity index (χ0) is 27.2. The summed E-state index contributed by atoms with van der Waals surface area (Å²) in [6, 6.07) is 17.6. The molecule has 0 bridgehead atoms. The molecule has 2 aromatic carbocycles. The minimum atomic E-state index is -0.315. The van der Waals surface area contributed by atoms with Crippen molar-refractivity contribution in [3.8, 4) is 5.75 Å². The molecule has 39 heavy (non-hydrogen) atoms. The van der Waals surface area contributed by atoms with Gasteiger partial charge in [0, 0.05) is 43.2 Å². The summed E-state index contributed by atoms with van der Waals surface area (Å²) in [5, 5.41) is 5.28. The third-order valence-electron chi connectivity index (χ3n) is 6.69. The topological polar surface area (TPSA) is 84.4 Å². The number of carbonyl (C=O) groups is 2. The number of ether oxygens (including phenoxy) is 1. The maximum absolute atomic E-state index is 13.6. The Bertz CT molecular complexity index is 1440. The Morgan fingerprint density at radius 3 is 2.77 bits per heavy atom. The van der Waals surface area contributed by atoms with Gasteiger partial charge in [-0.1, -0.05) is 31.2 Å².